The highest BCUT2D eigenvalue weighted by molar-refractivity contribution is 5.76. The van der Waals surface area contributed by atoms with Crippen molar-refractivity contribution in [3.8, 4) is 17.2 Å². The van der Waals surface area contributed by atoms with Crippen molar-refractivity contribution in [3.63, 3.8) is 0 Å². The van der Waals surface area contributed by atoms with Crippen LogP contribution in [-0.4, -0.2) is 55.8 Å². The van der Waals surface area contributed by atoms with Crippen LogP contribution in [0.25, 0.3) is 11.1 Å². The SMILES string of the molecule is CCc1c(CN=O)cccc1-c1cc(C#N)c(N2CCN(CCCOC)C(C)C2)nc1C1CC1. The van der Waals surface area contributed by atoms with Gasteiger partial charge in [-0.2, -0.15) is 10.2 Å². The number of nitriles is 1. The van der Waals surface area contributed by atoms with Gasteiger partial charge < -0.3 is 9.64 Å². The highest BCUT2D eigenvalue weighted by Gasteiger charge is 2.32. The fraction of sp³-hybridized carbons (Fsp3) is 0.556. The topological polar surface area (TPSA) is 81.8 Å². The van der Waals surface area contributed by atoms with Gasteiger partial charge in [0.05, 0.1) is 11.3 Å². The van der Waals surface area contributed by atoms with Crippen LogP contribution in [-0.2, 0) is 17.7 Å². The van der Waals surface area contributed by atoms with Gasteiger partial charge in [-0.1, -0.05) is 30.3 Å². The molecule has 1 aliphatic carbocycles. The molecule has 1 aromatic heterocycles. The van der Waals surface area contributed by atoms with Crippen LogP contribution >= 0.6 is 0 Å². The van der Waals surface area contributed by atoms with E-state index < -0.39 is 0 Å². The first kappa shape index (κ1) is 24.3. The van der Waals surface area contributed by atoms with Crippen LogP contribution in [0, 0.1) is 16.2 Å². The average Bonchev–Trinajstić information content (AvgIpc) is 3.70. The summed E-state index contributed by atoms with van der Waals surface area (Å²) in [5.41, 5.74) is 5.92. The maximum atomic E-state index is 11.0. The number of anilines is 1. The van der Waals surface area contributed by atoms with Gasteiger partial charge in [0.2, 0.25) is 0 Å². The molecule has 1 saturated carbocycles. The lowest BCUT2D eigenvalue weighted by atomic mass is 9.91. The van der Waals surface area contributed by atoms with Gasteiger partial charge in [0.25, 0.3) is 0 Å². The van der Waals surface area contributed by atoms with Crippen LogP contribution in [0.1, 0.15) is 61.4 Å². The zero-order valence-electron chi connectivity index (χ0n) is 20.6. The number of hydrogen-bond acceptors (Lipinski definition) is 7. The molecule has 0 amide bonds. The van der Waals surface area contributed by atoms with Crippen LogP contribution in [0.5, 0.6) is 0 Å². The zero-order chi connectivity index (χ0) is 24.1. The second-order valence-electron chi connectivity index (χ2n) is 9.44. The first-order valence-corrected chi connectivity index (χ1v) is 12.4. The Morgan fingerprint density at radius 2 is 2.09 bits per heavy atom. The summed E-state index contributed by atoms with van der Waals surface area (Å²) in [6.45, 7) is 9.01. The summed E-state index contributed by atoms with van der Waals surface area (Å²) in [4.78, 5) is 21.0. The van der Waals surface area contributed by atoms with Crippen LogP contribution in [0.2, 0.25) is 0 Å². The summed E-state index contributed by atoms with van der Waals surface area (Å²) in [6.07, 6.45) is 4.09. The molecule has 0 N–H and O–H groups in total. The molecule has 180 valence electrons. The van der Waals surface area contributed by atoms with Gasteiger partial charge in [0.15, 0.2) is 0 Å². The third kappa shape index (κ3) is 5.13. The number of piperazine rings is 1. The predicted molar refractivity (Wildman–Crippen MR) is 135 cm³/mol. The Morgan fingerprint density at radius 1 is 1.26 bits per heavy atom. The molecule has 1 saturated heterocycles. The van der Waals surface area contributed by atoms with Crippen LogP contribution < -0.4 is 4.90 Å². The fourth-order valence-electron chi connectivity index (χ4n) is 5.18. The van der Waals surface area contributed by atoms with Crippen LogP contribution in [0.15, 0.2) is 29.4 Å². The van der Waals surface area contributed by atoms with Crippen molar-refractivity contribution in [2.45, 2.75) is 58.0 Å². The van der Waals surface area contributed by atoms with Crippen LogP contribution in [0.3, 0.4) is 0 Å². The van der Waals surface area contributed by atoms with Gasteiger partial charge in [-0.25, -0.2) is 4.98 Å². The van der Waals surface area contributed by atoms with Crippen molar-refractivity contribution < 1.29 is 4.74 Å². The number of ether oxygens (including phenoxy) is 1. The van der Waals surface area contributed by atoms with E-state index in [0.717, 1.165) is 92.2 Å². The second kappa shape index (κ2) is 11.1. The third-order valence-corrected chi connectivity index (χ3v) is 7.13. The van der Waals surface area contributed by atoms with Gasteiger partial charge >= 0.3 is 0 Å². The molecule has 2 aromatic rings. The minimum atomic E-state index is 0.166. The van der Waals surface area contributed by atoms with Gasteiger partial charge in [-0.3, -0.25) is 4.90 Å². The van der Waals surface area contributed by atoms with E-state index in [4.69, 9.17) is 9.72 Å². The van der Waals surface area contributed by atoms with Gasteiger partial charge in [-0.15, -0.1) is 0 Å². The number of aromatic nitrogens is 1. The number of nitroso groups, excluding NO2 is 1. The smallest absolute Gasteiger partial charge is 0.146 e. The quantitative estimate of drug-likeness (QED) is 0.371. The summed E-state index contributed by atoms with van der Waals surface area (Å²) in [6, 6.07) is 10.9. The Labute approximate surface area is 202 Å². The lowest BCUT2D eigenvalue weighted by Gasteiger charge is -2.41. The molecule has 4 rings (SSSR count). The Bertz CT molecular complexity index is 1060. The molecule has 34 heavy (non-hydrogen) atoms. The number of rotatable bonds is 10. The van der Waals surface area contributed by atoms with E-state index in [1.807, 2.05) is 18.2 Å². The zero-order valence-corrected chi connectivity index (χ0v) is 20.6. The normalized spacial score (nSPS) is 18.6. The standard InChI is InChI=1S/C27H35N5O2/c1-4-23-21(17-29-33)7-5-8-24(23)25-15-22(16-28)27(30-26(25)20-9-10-20)32-13-12-31(19(2)18-32)11-6-14-34-3/h5,7-8,15,19-20H,4,6,9-14,17-18H2,1-3H3. The first-order valence-electron chi connectivity index (χ1n) is 12.4. The van der Waals surface area contributed by atoms with Gasteiger partial charge in [0.1, 0.15) is 18.4 Å². The summed E-state index contributed by atoms with van der Waals surface area (Å²) in [5.74, 6) is 1.26. The summed E-state index contributed by atoms with van der Waals surface area (Å²) < 4.78 is 5.21. The molecule has 2 fully saturated rings. The molecule has 0 spiro atoms. The monoisotopic (exact) mass is 461 g/mol. The minimum absolute atomic E-state index is 0.166. The Hall–Kier alpha value is -2.82. The molecule has 7 heteroatoms. The lowest BCUT2D eigenvalue weighted by Crippen LogP contribution is -2.52. The largest absolute Gasteiger partial charge is 0.385 e. The lowest BCUT2D eigenvalue weighted by molar-refractivity contribution is 0.145. The summed E-state index contributed by atoms with van der Waals surface area (Å²) >= 11 is 0. The van der Waals surface area contributed by atoms with Crippen molar-refractivity contribution >= 4 is 5.82 Å². The van der Waals surface area contributed by atoms with Crippen molar-refractivity contribution in [3.05, 3.63) is 51.6 Å². The average molecular weight is 462 g/mol. The third-order valence-electron chi connectivity index (χ3n) is 7.13. The molecule has 0 radical (unpaired) electrons. The van der Waals surface area contributed by atoms with Gasteiger partial charge in [0, 0.05) is 57.4 Å². The van der Waals surface area contributed by atoms with Crippen molar-refractivity contribution in [1.82, 2.24) is 9.88 Å². The summed E-state index contributed by atoms with van der Waals surface area (Å²) in [7, 11) is 1.75. The molecule has 2 aliphatic rings. The maximum absolute atomic E-state index is 11.0. The maximum Gasteiger partial charge on any atom is 0.146 e. The molecule has 2 heterocycles. The van der Waals surface area contributed by atoms with E-state index in [1.165, 1.54) is 0 Å². The van der Waals surface area contributed by atoms with E-state index in [9.17, 15) is 10.2 Å². The highest BCUT2D eigenvalue weighted by atomic mass is 16.5. The number of nitrogens with zero attached hydrogens (tertiary/aromatic N) is 5. The summed E-state index contributed by atoms with van der Waals surface area (Å²) in [5, 5.41) is 13.2. The molecule has 1 aliphatic heterocycles. The molecule has 0 bridgehead atoms. The molecule has 7 nitrogen and oxygen atoms in total. The molecular formula is C27H35N5O2. The van der Waals surface area contributed by atoms with E-state index in [-0.39, 0.29) is 6.54 Å². The van der Waals surface area contributed by atoms with E-state index in [0.29, 0.717) is 17.5 Å². The van der Waals surface area contributed by atoms with Gasteiger partial charge in [-0.05, 0) is 55.4 Å². The number of hydrogen-bond donors (Lipinski definition) is 0. The van der Waals surface area contributed by atoms with Crippen molar-refractivity contribution in [2.75, 3.05) is 44.8 Å². The molecule has 1 aromatic carbocycles. The molecular weight excluding hydrogens is 426 g/mol. The molecule has 1 unspecified atom stereocenters. The van der Waals surface area contributed by atoms with Crippen molar-refractivity contribution in [2.24, 2.45) is 5.18 Å². The fourth-order valence-corrected chi connectivity index (χ4v) is 5.18. The Morgan fingerprint density at radius 3 is 2.74 bits per heavy atom. The van der Waals surface area contributed by atoms with Crippen molar-refractivity contribution in [1.29, 1.82) is 5.26 Å². The number of pyridine rings is 1. The second-order valence-corrected chi connectivity index (χ2v) is 9.44. The molecule has 1 atom stereocenters. The highest BCUT2D eigenvalue weighted by Crippen LogP contribution is 2.46. The first-order chi connectivity index (χ1) is 16.6. The van der Waals surface area contributed by atoms with E-state index >= 15 is 0 Å². The van der Waals surface area contributed by atoms with Crippen LogP contribution in [0.4, 0.5) is 5.82 Å². The Balaban J connectivity index is 1.68. The van der Waals surface area contributed by atoms with E-state index in [2.05, 4.69) is 41.0 Å². The number of methoxy groups -OCH3 is 1. The minimum Gasteiger partial charge on any atom is -0.385 e. The predicted octanol–water partition coefficient (Wildman–Crippen LogP) is 4.87. The van der Waals surface area contributed by atoms with E-state index in [1.54, 1.807) is 7.11 Å². The Kier molecular flexibility index (Phi) is 7.91. The number of benzene rings is 1.